The summed E-state index contributed by atoms with van der Waals surface area (Å²) in [5, 5.41) is 7.49. The molecule has 1 aromatic carbocycles. The highest BCUT2D eigenvalue weighted by Crippen LogP contribution is 2.19. The summed E-state index contributed by atoms with van der Waals surface area (Å²) in [6, 6.07) is 9.69. The van der Waals surface area contributed by atoms with Gasteiger partial charge < -0.3 is 15.5 Å². The maximum absolute atomic E-state index is 5.90. The van der Waals surface area contributed by atoms with Crippen LogP contribution in [0.2, 0.25) is 5.02 Å². The summed E-state index contributed by atoms with van der Waals surface area (Å²) in [5.41, 5.74) is 2.03. The van der Waals surface area contributed by atoms with Gasteiger partial charge in [0.2, 0.25) is 5.95 Å². The van der Waals surface area contributed by atoms with Gasteiger partial charge in [-0.2, -0.15) is 4.98 Å². The molecule has 0 aliphatic carbocycles. The Morgan fingerprint density at radius 3 is 2.60 bits per heavy atom. The Kier molecular flexibility index (Phi) is 6.04. The van der Waals surface area contributed by atoms with E-state index in [1.807, 2.05) is 37.3 Å². The smallest absolute Gasteiger partial charge is 0.231 e. The first-order valence-electron chi connectivity index (χ1n) is 8.50. The first-order chi connectivity index (χ1) is 12.1. The van der Waals surface area contributed by atoms with Crippen molar-refractivity contribution in [1.82, 2.24) is 15.3 Å². The first kappa shape index (κ1) is 17.9. The van der Waals surface area contributed by atoms with E-state index in [-0.39, 0.29) is 0 Å². The minimum atomic E-state index is 0.505. The molecule has 0 bridgehead atoms. The van der Waals surface area contributed by atoms with E-state index in [0.29, 0.717) is 17.6 Å². The second-order valence-electron chi connectivity index (χ2n) is 6.17. The van der Waals surface area contributed by atoms with Gasteiger partial charge in [0.15, 0.2) is 5.11 Å². The van der Waals surface area contributed by atoms with Crippen LogP contribution in [0, 0.1) is 6.92 Å². The van der Waals surface area contributed by atoms with Gasteiger partial charge in [-0.15, -0.1) is 0 Å². The van der Waals surface area contributed by atoms with Gasteiger partial charge in [0, 0.05) is 36.4 Å². The highest BCUT2D eigenvalue weighted by molar-refractivity contribution is 7.80. The standard InChI is InChI=1S/C18H22ClN5S/c1-13-11-16(24-9-3-2-4-10-24)22-17(21-13)23-18(25)20-12-14-5-7-15(19)8-6-14/h5-8,11H,2-4,9-10,12H2,1H3,(H2,20,21,22,23,25). The number of thiocarbonyl (C=S) groups is 1. The molecule has 2 heterocycles. The number of halogens is 1. The van der Waals surface area contributed by atoms with Crippen LogP contribution in [0.25, 0.3) is 0 Å². The number of nitrogens with one attached hydrogen (secondary N) is 2. The second-order valence-corrected chi connectivity index (χ2v) is 7.02. The number of nitrogens with zero attached hydrogens (tertiary/aromatic N) is 3. The third kappa shape index (κ3) is 5.28. The van der Waals surface area contributed by atoms with E-state index in [9.17, 15) is 0 Å². The molecule has 1 fully saturated rings. The quantitative estimate of drug-likeness (QED) is 0.790. The lowest BCUT2D eigenvalue weighted by atomic mass is 10.1. The lowest BCUT2D eigenvalue weighted by Gasteiger charge is -2.28. The molecule has 1 aliphatic heterocycles. The molecule has 2 N–H and O–H groups in total. The first-order valence-corrected chi connectivity index (χ1v) is 9.29. The van der Waals surface area contributed by atoms with Gasteiger partial charge in [0.1, 0.15) is 5.82 Å². The van der Waals surface area contributed by atoms with Gasteiger partial charge >= 0.3 is 0 Å². The largest absolute Gasteiger partial charge is 0.358 e. The number of hydrogen-bond acceptors (Lipinski definition) is 4. The van der Waals surface area contributed by atoms with E-state index >= 15 is 0 Å². The molecule has 3 rings (SSSR count). The zero-order chi connectivity index (χ0) is 17.6. The molecule has 0 atom stereocenters. The van der Waals surface area contributed by atoms with Gasteiger partial charge in [-0.1, -0.05) is 23.7 Å². The van der Waals surface area contributed by atoms with Gasteiger partial charge in [-0.25, -0.2) is 4.98 Å². The summed E-state index contributed by atoms with van der Waals surface area (Å²) < 4.78 is 0. The summed E-state index contributed by atoms with van der Waals surface area (Å²) >= 11 is 11.3. The zero-order valence-electron chi connectivity index (χ0n) is 14.3. The lowest BCUT2D eigenvalue weighted by molar-refractivity contribution is 0.573. The number of aryl methyl sites for hydroxylation is 1. The Morgan fingerprint density at radius 1 is 1.16 bits per heavy atom. The summed E-state index contributed by atoms with van der Waals surface area (Å²) in [5.74, 6) is 1.50. The van der Waals surface area contributed by atoms with Crippen LogP contribution < -0.4 is 15.5 Å². The molecular formula is C18H22ClN5S. The van der Waals surface area contributed by atoms with E-state index in [4.69, 9.17) is 23.8 Å². The normalized spacial score (nSPS) is 14.2. The number of anilines is 2. The fourth-order valence-electron chi connectivity index (χ4n) is 2.82. The number of aromatic nitrogens is 2. The van der Waals surface area contributed by atoms with E-state index in [0.717, 1.165) is 35.2 Å². The third-order valence-corrected chi connectivity index (χ3v) is 4.61. The average molecular weight is 376 g/mol. The van der Waals surface area contributed by atoms with Crippen molar-refractivity contribution in [2.45, 2.75) is 32.7 Å². The molecule has 5 nitrogen and oxygen atoms in total. The molecule has 1 aromatic heterocycles. The number of piperidine rings is 1. The van der Waals surface area contributed by atoms with Crippen LogP contribution in [0.4, 0.5) is 11.8 Å². The number of benzene rings is 1. The van der Waals surface area contributed by atoms with Crippen molar-refractivity contribution in [3.63, 3.8) is 0 Å². The summed E-state index contributed by atoms with van der Waals surface area (Å²) in [7, 11) is 0. The Hall–Kier alpha value is -1.92. The maximum Gasteiger partial charge on any atom is 0.231 e. The zero-order valence-corrected chi connectivity index (χ0v) is 15.8. The summed E-state index contributed by atoms with van der Waals surface area (Å²) in [6.45, 7) is 4.70. The van der Waals surface area contributed by atoms with Crippen LogP contribution in [0.15, 0.2) is 30.3 Å². The fourth-order valence-corrected chi connectivity index (χ4v) is 3.11. The average Bonchev–Trinajstić information content (AvgIpc) is 2.61. The minimum absolute atomic E-state index is 0.505. The van der Waals surface area contributed by atoms with Gasteiger partial charge in [-0.05, 0) is 56.1 Å². The molecule has 0 spiro atoms. The molecule has 1 aliphatic rings. The Labute approximate surface area is 158 Å². The van der Waals surface area contributed by atoms with Crippen LogP contribution in [0.5, 0.6) is 0 Å². The Morgan fingerprint density at radius 2 is 1.88 bits per heavy atom. The predicted molar refractivity (Wildman–Crippen MR) is 107 cm³/mol. The lowest BCUT2D eigenvalue weighted by Crippen LogP contribution is -2.32. The van der Waals surface area contributed by atoms with Crippen LogP contribution in [0.3, 0.4) is 0 Å². The van der Waals surface area contributed by atoms with Gasteiger partial charge in [-0.3, -0.25) is 0 Å². The molecule has 7 heteroatoms. The van der Waals surface area contributed by atoms with E-state index in [2.05, 4.69) is 25.5 Å². The van der Waals surface area contributed by atoms with Crippen molar-refractivity contribution >= 4 is 40.7 Å². The highest BCUT2D eigenvalue weighted by Gasteiger charge is 2.14. The molecule has 132 valence electrons. The Bertz CT molecular complexity index is 729. The number of hydrogen-bond donors (Lipinski definition) is 2. The van der Waals surface area contributed by atoms with Crippen LogP contribution in [-0.4, -0.2) is 28.2 Å². The van der Waals surface area contributed by atoms with Gasteiger partial charge in [0.05, 0.1) is 0 Å². The van der Waals surface area contributed by atoms with Crippen molar-refractivity contribution in [1.29, 1.82) is 0 Å². The van der Waals surface area contributed by atoms with Crippen molar-refractivity contribution in [3.05, 3.63) is 46.6 Å². The van der Waals surface area contributed by atoms with Crippen molar-refractivity contribution < 1.29 is 0 Å². The number of rotatable bonds is 4. The van der Waals surface area contributed by atoms with Crippen LogP contribution >= 0.6 is 23.8 Å². The van der Waals surface area contributed by atoms with Crippen molar-refractivity contribution in [2.75, 3.05) is 23.3 Å². The maximum atomic E-state index is 5.90. The third-order valence-electron chi connectivity index (χ3n) is 4.11. The SMILES string of the molecule is Cc1cc(N2CCCCC2)nc(NC(=S)NCc2ccc(Cl)cc2)n1. The molecule has 0 unspecified atom stereocenters. The topological polar surface area (TPSA) is 53.1 Å². The molecule has 0 saturated carbocycles. The van der Waals surface area contributed by atoms with Crippen LogP contribution in [0.1, 0.15) is 30.5 Å². The van der Waals surface area contributed by atoms with Gasteiger partial charge in [0.25, 0.3) is 0 Å². The van der Waals surface area contributed by atoms with E-state index < -0.39 is 0 Å². The highest BCUT2D eigenvalue weighted by atomic mass is 35.5. The molecular weight excluding hydrogens is 354 g/mol. The fraction of sp³-hybridized carbons (Fsp3) is 0.389. The Balaban J connectivity index is 1.60. The molecule has 0 radical (unpaired) electrons. The van der Waals surface area contributed by atoms with E-state index in [1.165, 1.54) is 19.3 Å². The summed E-state index contributed by atoms with van der Waals surface area (Å²) in [6.07, 6.45) is 3.73. The van der Waals surface area contributed by atoms with Crippen LogP contribution in [-0.2, 0) is 6.54 Å². The predicted octanol–water partition coefficient (Wildman–Crippen LogP) is 3.92. The second kappa shape index (κ2) is 8.45. The van der Waals surface area contributed by atoms with Crippen molar-refractivity contribution in [2.24, 2.45) is 0 Å². The molecule has 2 aromatic rings. The molecule has 0 amide bonds. The monoisotopic (exact) mass is 375 g/mol. The minimum Gasteiger partial charge on any atom is -0.358 e. The molecule has 1 saturated heterocycles. The molecule has 25 heavy (non-hydrogen) atoms. The summed E-state index contributed by atoms with van der Waals surface area (Å²) in [4.78, 5) is 11.4. The van der Waals surface area contributed by atoms with E-state index in [1.54, 1.807) is 0 Å². The van der Waals surface area contributed by atoms with Crippen molar-refractivity contribution in [3.8, 4) is 0 Å².